The van der Waals surface area contributed by atoms with Crippen molar-refractivity contribution < 1.29 is 9.72 Å². The first-order valence-corrected chi connectivity index (χ1v) is 6.75. The van der Waals surface area contributed by atoms with E-state index in [1.165, 1.54) is 18.2 Å². The highest BCUT2D eigenvalue weighted by Gasteiger charge is 2.18. The molecule has 1 aromatic heterocycles. The van der Waals surface area contributed by atoms with Gasteiger partial charge in [-0.2, -0.15) is 5.10 Å². The third kappa shape index (κ3) is 3.05. The van der Waals surface area contributed by atoms with Gasteiger partial charge in [-0.15, -0.1) is 0 Å². The molecular formula is C14H17N5O3. The summed E-state index contributed by atoms with van der Waals surface area (Å²) in [7, 11) is 1.59. The topological polar surface area (TPSA) is 102 Å². The Hall–Kier alpha value is -2.90. The molecular weight excluding hydrogens is 286 g/mol. The summed E-state index contributed by atoms with van der Waals surface area (Å²) in [6.07, 6.45) is 1.59. The number of nitro groups is 1. The first-order chi connectivity index (χ1) is 10.4. The Bertz CT molecular complexity index is 708. The van der Waals surface area contributed by atoms with Crippen molar-refractivity contribution in [2.24, 2.45) is 0 Å². The monoisotopic (exact) mass is 303 g/mol. The minimum absolute atomic E-state index is 0.0892. The van der Waals surface area contributed by atoms with Crippen LogP contribution in [0.3, 0.4) is 0 Å². The fraction of sp³-hybridized carbons (Fsp3) is 0.286. The molecule has 1 heterocycles. The molecule has 8 nitrogen and oxygen atoms in total. The maximum Gasteiger partial charge on any atom is 0.293 e. The van der Waals surface area contributed by atoms with Crippen molar-refractivity contribution in [1.29, 1.82) is 0 Å². The van der Waals surface area contributed by atoms with Crippen LogP contribution in [0.2, 0.25) is 0 Å². The molecule has 0 saturated heterocycles. The van der Waals surface area contributed by atoms with Gasteiger partial charge < -0.3 is 10.6 Å². The van der Waals surface area contributed by atoms with Crippen LogP contribution in [0.1, 0.15) is 30.2 Å². The summed E-state index contributed by atoms with van der Waals surface area (Å²) < 4.78 is 1.66. The second-order valence-corrected chi connectivity index (χ2v) is 4.95. The van der Waals surface area contributed by atoms with Gasteiger partial charge in [-0.1, -0.05) is 0 Å². The molecule has 22 heavy (non-hydrogen) atoms. The Labute approximate surface area is 127 Å². The molecule has 0 radical (unpaired) electrons. The highest BCUT2D eigenvalue weighted by Crippen LogP contribution is 2.25. The SMILES string of the molecule is CNc1ccc(C(=O)Nc2ccnn2C(C)C)cc1[N+](=O)[O-]. The number of aromatic nitrogens is 2. The van der Waals surface area contributed by atoms with E-state index in [-0.39, 0.29) is 17.3 Å². The average Bonchev–Trinajstić information content (AvgIpc) is 2.94. The molecule has 0 unspecified atom stereocenters. The number of hydrogen-bond donors (Lipinski definition) is 2. The highest BCUT2D eigenvalue weighted by molar-refractivity contribution is 6.04. The molecule has 2 rings (SSSR count). The number of anilines is 2. The standard InChI is InChI=1S/C14H17N5O3/c1-9(2)18-13(6-7-16-18)17-14(20)10-4-5-11(15-3)12(8-10)19(21)22/h4-9,15H,1-3H3,(H,17,20). The quantitative estimate of drug-likeness (QED) is 0.653. The summed E-state index contributed by atoms with van der Waals surface area (Å²) in [5.74, 6) is 0.119. The van der Waals surface area contributed by atoms with Crippen LogP contribution >= 0.6 is 0 Å². The summed E-state index contributed by atoms with van der Waals surface area (Å²) in [4.78, 5) is 22.8. The van der Waals surface area contributed by atoms with Gasteiger partial charge in [0.25, 0.3) is 11.6 Å². The maximum absolute atomic E-state index is 12.3. The van der Waals surface area contributed by atoms with E-state index in [4.69, 9.17) is 0 Å². The predicted molar refractivity (Wildman–Crippen MR) is 83.2 cm³/mol. The van der Waals surface area contributed by atoms with Gasteiger partial charge in [0.2, 0.25) is 0 Å². The maximum atomic E-state index is 12.3. The molecule has 0 spiro atoms. The normalized spacial score (nSPS) is 10.5. The van der Waals surface area contributed by atoms with Crippen molar-refractivity contribution in [1.82, 2.24) is 9.78 Å². The van der Waals surface area contributed by atoms with E-state index in [1.54, 1.807) is 24.0 Å². The molecule has 0 atom stereocenters. The van der Waals surface area contributed by atoms with Crippen LogP contribution in [-0.2, 0) is 0 Å². The Morgan fingerprint density at radius 1 is 1.36 bits per heavy atom. The summed E-state index contributed by atoms with van der Waals surface area (Å²) in [6.45, 7) is 3.88. The lowest BCUT2D eigenvalue weighted by Gasteiger charge is -2.12. The molecule has 2 aromatic rings. The molecule has 2 N–H and O–H groups in total. The zero-order valence-corrected chi connectivity index (χ0v) is 12.5. The van der Waals surface area contributed by atoms with E-state index in [9.17, 15) is 14.9 Å². The molecule has 0 fully saturated rings. The molecule has 116 valence electrons. The lowest BCUT2D eigenvalue weighted by Crippen LogP contribution is -2.17. The van der Waals surface area contributed by atoms with Crippen LogP contribution in [0.5, 0.6) is 0 Å². The molecule has 8 heteroatoms. The summed E-state index contributed by atoms with van der Waals surface area (Å²) in [5.41, 5.74) is 0.420. The fourth-order valence-corrected chi connectivity index (χ4v) is 2.05. The number of rotatable bonds is 5. The summed E-state index contributed by atoms with van der Waals surface area (Å²) in [6, 6.07) is 6.05. The number of carbonyl (C=O) groups excluding carboxylic acids is 1. The Kier molecular flexibility index (Phi) is 4.40. The van der Waals surface area contributed by atoms with Gasteiger partial charge in [0.15, 0.2) is 0 Å². The third-order valence-corrected chi connectivity index (χ3v) is 3.13. The van der Waals surface area contributed by atoms with E-state index >= 15 is 0 Å². The second kappa shape index (κ2) is 6.25. The van der Waals surface area contributed by atoms with Crippen molar-refractivity contribution in [3.05, 3.63) is 46.1 Å². The van der Waals surface area contributed by atoms with E-state index in [0.29, 0.717) is 11.5 Å². The number of nitrogens with zero attached hydrogens (tertiary/aromatic N) is 3. The first-order valence-electron chi connectivity index (χ1n) is 6.75. The van der Waals surface area contributed by atoms with Crippen molar-refractivity contribution in [2.75, 3.05) is 17.7 Å². The number of amides is 1. The van der Waals surface area contributed by atoms with Crippen LogP contribution < -0.4 is 10.6 Å². The average molecular weight is 303 g/mol. The Morgan fingerprint density at radius 2 is 2.09 bits per heavy atom. The fourth-order valence-electron chi connectivity index (χ4n) is 2.05. The summed E-state index contributed by atoms with van der Waals surface area (Å²) >= 11 is 0. The molecule has 0 saturated carbocycles. The molecule has 0 bridgehead atoms. The van der Waals surface area contributed by atoms with Gasteiger partial charge in [-0.05, 0) is 26.0 Å². The molecule has 1 amide bonds. The van der Waals surface area contributed by atoms with Gasteiger partial charge >= 0.3 is 0 Å². The number of hydrogen-bond acceptors (Lipinski definition) is 5. The second-order valence-electron chi connectivity index (χ2n) is 4.95. The van der Waals surface area contributed by atoms with Crippen molar-refractivity contribution in [2.45, 2.75) is 19.9 Å². The van der Waals surface area contributed by atoms with E-state index in [2.05, 4.69) is 15.7 Å². The van der Waals surface area contributed by atoms with Gasteiger partial charge in [-0.3, -0.25) is 14.9 Å². The third-order valence-electron chi connectivity index (χ3n) is 3.13. The van der Waals surface area contributed by atoms with Gasteiger partial charge in [0.1, 0.15) is 11.5 Å². The van der Waals surface area contributed by atoms with Crippen LogP contribution in [0.4, 0.5) is 17.2 Å². The highest BCUT2D eigenvalue weighted by atomic mass is 16.6. The van der Waals surface area contributed by atoms with Gasteiger partial charge in [-0.25, -0.2) is 4.68 Å². The number of carbonyl (C=O) groups is 1. The predicted octanol–water partition coefficient (Wildman–Crippen LogP) is 2.67. The Morgan fingerprint density at radius 3 is 2.68 bits per heavy atom. The lowest BCUT2D eigenvalue weighted by molar-refractivity contribution is -0.384. The number of benzene rings is 1. The first kappa shape index (κ1) is 15.5. The number of nitrogens with one attached hydrogen (secondary N) is 2. The molecule has 0 aliphatic heterocycles. The van der Waals surface area contributed by atoms with Crippen LogP contribution in [0.15, 0.2) is 30.5 Å². The van der Waals surface area contributed by atoms with E-state index in [0.717, 1.165) is 0 Å². The van der Waals surface area contributed by atoms with E-state index < -0.39 is 10.8 Å². The van der Waals surface area contributed by atoms with Crippen molar-refractivity contribution in [3.8, 4) is 0 Å². The minimum atomic E-state index is -0.527. The molecule has 0 aliphatic rings. The van der Waals surface area contributed by atoms with Crippen LogP contribution in [-0.4, -0.2) is 27.7 Å². The molecule has 0 aliphatic carbocycles. The zero-order valence-electron chi connectivity index (χ0n) is 12.5. The lowest BCUT2D eigenvalue weighted by atomic mass is 10.1. The molecule has 1 aromatic carbocycles. The zero-order chi connectivity index (χ0) is 16.3. The Balaban J connectivity index is 2.28. The van der Waals surface area contributed by atoms with Crippen LogP contribution in [0, 0.1) is 10.1 Å². The van der Waals surface area contributed by atoms with Gasteiger partial charge in [0, 0.05) is 30.8 Å². The summed E-state index contributed by atoms with van der Waals surface area (Å²) in [5, 5.41) is 20.6. The van der Waals surface area contributed by atoms with Crippen LogP contribution in [0.25, 0.3) is 0 Å². The van der Waals surface area contributed by atoms with E-state index in [1.807, 2.05) is 13.8 Å². The number of nitro benzene ring substituents is 1. The smallest absolute Gasteiger partial charge is 0.293 e. The van der Waals surface area contributed by atoms with Gasteiger partial charge in [0.05, 0.1) is 11.1 Å². The van der Waals surface area contributed by atoms with Crippen molar-refractivity contribution in [3.63, 3.8) is 0 Å². The van der Waals surface area contributed by atoms with Crippen molar-refractivity contribution >= 4 is 23.1 Å². The largest absolute Gasteiger partial charge is 0.383 e. The minimum Gasteiger partial charge on any atom is -0.383 e.